The zero-order valence-corrected chi connectivity index (χ0v) is 9.74. The van der Waals surface area contributed by atoms with Gasteiger partial charge in [-0.05, 0) is 18.2 Å². The Morgan fingerprint density at radius 2 is 2.05 bits per heavy atom. The van der Waals surface area contributed by atoms with Crippen LogP contribution in [0.4, 0.5) is 13.2 Å². The van der Waals surface area contributed by atoms with Gasteiger partial charge in [0.25, 0.3) is 0 Å². The Morgan fingerprint density at radius 3 is 2.74 bits per heavy atom. The summed E-state index contributed by atoms with van der Waals surface area (Å²) >= 11 is 0. The third kappa shape index (κ3) is 2.43. The highest BCUT2D eigenvalue weighted by Crippen LogP contribution is 2.32. The number of alkyl halides is 3. The van der Waals surface area contributed by atoms with E-state index >= 15 is 0 Å². The van der Waals surface area contributed by atoms with Crippen LogP contribution >= 0.6 is 0 Å². The zero-order valence-electron chi connectivity index (χ0n) is 9.74. The molecule has 2 heterocycles. The lowest BCUT2D eigenvalue weighted by molar-refractivity contribution is -0.137. The fourth-order valence-electron chi connectivity index (χ4n) is 1.89. The zero-order chi connectivity index (χ0) is 13.5. The molecule has 0 bridgehead atoms. The maximum absolute atomic E-state index is 12.6. The summed E-state index contributed by atoms with van der Waals surface area (Å²) in [6, 6.07) is 3.21. The molecule has 1 atom stereocenters. The number of ether oxygens (including phenoxy) is 2. The second-order valence-corrected chi connectivity index (χ2v) is 4.17. The molecule has 0 amide bonds. The van der Waals surface area contributed by atoms with E-state index in [1.165, 1.54) is 6.07 Å². The van der Waals surface area contributed by atoms with Crippen LogP contribution in [-0.2, 0) is 15.7 Å². The van der Waals surface area contributed by atoms with Crippen LogP contribution in [0.2, 0.25) is 0 Å². The van der Waals surface area contributed by atoms with Gasteiger partial charge in [-0.1, -0.05) is 0 Å². The molecule has 1 aliphatic rings. The number of hydrogen-bond donors (Lipinski definition) is 0. The molecule has 1 unspecified atom stereocenters. The molecule has 0 spiro atoms. The number of halogens is 3. The highest BCUT2D eigenvalue weighted by atomic mass is 19.4. The van der Waals surface area contributed by atoms with E-state index in [1.54, 1.807) is 0 Å². The average Bonchev–Trinajstić information content (AvgIpc) is 2.81. The van der Waals surface area contributed by atoms with E-state index < -0.39 is 17.8 Å². The second-order valence-electron chi connectivity index (χ2n) is 4.17. The minimum absolute atomic E-state index is 0.0963. The standard InChI is InChI=1S/C12H10F3NO3/c13-12(14,15)7-1-2-8-9(5-7)19-11(16-8)10-6-17-3-4-18-10/h1-2,5,10H,3-4,6H2. The molecular formula is C12H10F3NO3. The molecule has 0 saturated carbocycles. The third-order valence-electron chi connectivity index (χ3n) is 2.82. The first kappa shape index (κ1) is 12.4. The molecule has 0 radical (unpaired) electrons. The molecule has 1 saturated heterocycles. The van der Waals surface area contributed by atoms with Crippen molar-refractivity contribution in [1.82, 2.24) is 4.98 Å². The van der Waals surface area contributed by atoms with Crippen molar-refractivity contribution in [1.29, 1.82) is 0 Å². The molecule has 19 heavy (non-hydrogen) atoms. The number of benzene rings is 1. The number of nitrogens with zero attached hydrogens (tertiary/aromatic N) is 1. The number of fused-ring (bicyclic) bond motifs is 1. The van der Waals surface area contributed by atoms with E-state index in [9.17, 15) is 13.2 Å². The summed E-state index contributed by atoms with van der Waals surface area (Å²) in [6.45, 7) is 1.20. The normalized spacial score (nSPS) is 20.9. The van der Waals surface area contributed by atoms with Gasteiger partial charge in [0.15, 0.2) is 11.7 Å². The molecule has 0 aliphatic carbocycles. The molecule has 1 aromatic heterocycles. The summed E-state index contributed by atoms with van der Waals surface area (Å²) in [6.07, 6.45) is -4.86. The monoisotopic (exact) mass is 273 g/mol. The van der Waals surface area contributed by atoms with Gasteiger partial charge in [0.1, 0.15) is 5.52 Å². The van der Waals surface area contributed by atoms with Crippen LogP contribution in [0, 0.1) is 0 Å². The van der Waals surface area contributed by atoms with Crippen LogP contribution in [0.15, 0.2) is 22.6 Å². The Morgan fingerprint density at radius 1 is 1.21 bits per heavy atom. The predicted molar refractivity (Wildman–Crippen MR) is 58.5 cm³/mol. The van der Waals surface area contributed by atoms with Crippen LogP contribution in [-0.4, -0.2) is 24.8 Å². The van der Waals surface area contributed by atoms with Crippen molar-refractivity contribution < 1.29 is 27.1 Å². The van der Waals surface area contributed by atoms with Gasteiger partial charge in [0.2, 0.25) is 5.89 Å². The van der Waals surface area contributed by atoms with Crippen LogP contribution < -0.4 is 0 Å². The van der Waals surface area contributed by atoms with Gasteiger partial charge in [-0.2, -0.15) is 13.2 Å². The summed E-state index contributed by atoms with van der Waals surface area (Å²) < 4.78 is 53.6. The maximum atomic E-state index is 12.6. The summed E-state index contributed by atoms with van der Waals surface area (Å²) in [7, 11) is 0. The Kier molecular flexibility index (Phi) is 2.94. The topological polar surface area (TPSA) is 44.5 Å². The fraction of sp³-hybridized carbons (Fsp3) is 0.417. The van der Waals surface area contributed by atoms with Gasteiger partial charge in [0.05, 0.1) is 25.4 Å². The molecule has 0 N–H and O–H groups in total. The minimum Gasteiger partial charge on any atom is -0.438 e. The predicted octanol–water partition coefficient (Wildman–Crippen LogP) is 2.93. The summed E-state index contributed by atoms with van der Waals surface area (Å²) in [5.41, 5.74) is -0.292. The lowest BCUT2D eigenvalue weighted by Crippen LogP contribution is -2.22. The van der Waals surface area contributed by atoms with Crippen molar-refractivity contribution >= 4 is 11.1 Å². The van der Waals surface area contributed by atoms with E-state index in [4.69, 9.17) is 13.9 Å². The van der Waals surface area contributed by atoms with Crippen LogP contribution in [0.1, 0.15) is 17.6 Å². The van der Waals surface area contributed by atoms with E-state index in [0.29, 0.717) is 25.3 Å². The summed E-state index contributed by atoms with van der Waals surface area (Å²) in [4.78, 5) is 4.12. The van der Waals surface area contributed by atoms with Crippen molar-refractivity contribution in [3.05, 3.63) is 29.7 Å². The molecule has 102 valence electrons. The van der Waals surface area contributed by atoms with Gasteiger partial charge in [-0.15, -0.1) is 0 Å². The van der Waals surface area contributed by atoms with Crippen molar-refractivity contribution in [2.45, 2.75) is 12.3 Å². The highest BCUT2D eigenvalue weighted by Gasteiger charge is 2.31. The first-order chi connectivity index (χ1) is 9.04. The molecule has 2 aromatic rings. The SMILES string of the molecule is FC(F)(F)c1ccc2nc(C3COCCO3)oc2c1. The summed E-state index contributed by atoms with van der Waals surface area (Å²) in [5.74, 6) is 0.244. The lowest BCUT2D eigenvalue weighted by atomic mass is 10.2. The van der Waals surface area contributed by atoms with E-state index in [0.717, 1.165) is 12.1 Å². The highest BCUT2D eigenvalue weighted by molar-refractivity contribution is 5.73. The number of oxazole rings is 1. The first-order valence-corrected chi connectivity index (χ1v) is 5.71. The molecule has 4 nitrogen and oxygen atoms in total. The fourth-order valence-corrected chi connectivity index (χ4v) is 1.89. The second kappa shape index (κ2) is 4.50. The summed E-state index contributed by atoms with van der Waals surface area (Å²) in [5, 5.41) is 0. The minimum atomic E-state index is -4.40. The third-order valence-corrected chi connectivity index (χ3v) is 2.82. The Balaban J connectivity index is 1.96. The van der Waals surface area contributed by atoms with Gasteiger partial charge in [0, 0.05) is 0 Å². The maximum Gasteiger partial charge on any atom is 0.416 e. The van der Waals surface area contributed by atoms with Crippen molar-refractivity contribution in [3.8, 4) is 0 Å². The molecular weight excluding hydrogens is 263 g/mol. The van der Waals surface area contributed by atoms with Crippen molar-refractivity contribution in [2.24, 2.45) is 0 Å². The molecule has 7 heteroatoms. The van der Waals surface area contributed by atoms with Gasteiger partial charge < -0.3 is 13.9 Å². The van der Waals surface area contributed by atoms with Gasteiger partial charge in [-0.25, -0.2) is 4.98 Å². The van der Waals surface area contributed by atoms with Crippen LogP contribution in [0.3, 0.4) is 0 Å². The molecule has 1 aliphatic heterocycles. The Bertz CT molecular complexity index is 587. The Labute approximate surface area is 106 Å². The lowest BCUT2D eigenvalue weighted by Gasteiger charge is -2.19. The number of aromatic nitrogens is 1. The number of rotatable bonds is 1. The average molecular weight is 273 g/mol. The van der Waals surface area contributed by atoms with Gasteiger partial charge >= 0.3 is 6.18 Å². The quantitative estimate of drug-likeness (QED) is 0.801. The van der Waals surface area contributed by atoms with E-state index in [2.05, 4.69) is 4.98 Å². The molecule has 1 fully saturated rings. The van der Waals surface area contributed by atoms with E-state index in [1.807, 2.05) is 0 Å². The van der Waals surface area contributed by atoms with Crippen molar-refractivity contribution in [3.63, 3.8) is 0 Å². The Hall–Kier alpha value is -1.60. The smallest absolute Gasteiger partial charge is 0.416 e. The van der Waals surface area contributed by atoms with E-state index in [-0.39, 0.29) is 11.5 Å². The number of hydrogen-bond acceptors (Lipinski definition) is 4. The molecule has 3 rings (SSSR count). The first-order valence-electron chi connectivity index (χ1n) is 5.71. The largest absolute Gasteiger partial charge is 0.438 e. The van der Waals surface area contributed by atoms with Crippen LogP contribution in [0.25, 0.3) is 11.1 Å². The van der Waals surface area contributed by atoms with Gasteiger partial charge in [-0.3, -0.25) is 0 Å². The molecule has 1 aromatic carbocycles. The van der Waals surface area contributed by atoms with Crippen LogP contribution in [0.5, 0.6) is 0 Å². The van der Waals surface area contributed by atoms with Crippen molar-refractivity contribution in [2.75, 3.05) is 19.8 Å².